The van der Waals surface area contributed by atoms with Crippen LogP contribution in [0.2, 0.25) is 0 Å². The van der Waals surface area contributed by atoms with Crippen LogP contribution >= 0.6 is 0 Å². The van der Waals surface area contributed by atoms with Crippen LogP contribution in [0.4, 0.5) is 5.95 Å². The molecule has 0 unspecified atom stereocenters. The number of carbonyl (C=O) groups excluding carboxylic acids is 1. The topological polar surface area (TPSA) is 83.0 Å². The third kappa shape index (κ3) is 1.66. The Morgan fingerprint density at radius 3 is 3.09 bits per heavy atom. The molecule has 6 heteroatoms. The van der Waals surface area contributed by atoms with Gasteiger partial charge in [-0.15, -0.1) is 10.2 Å². The molecule has 0 saturated heterocycles. The third-order valence-electron chi connectivity index (χ3n) is 1.17. The summed E-state index contributed by atoms with van der Waals surface area (Å²) >= 11 is 0. The van der Waals surface area contributed by atoms with Gasteiger partial charge in [0.25, 0.3) is 0 Å². The van der Waals surface area contributed by atoms with E-state index in [2.05, 4.69) is 14.9 Å². The predicted octanol–water partition coefficient (Wildman–Crippen LogP) is -0.967. The number of ether oxygens (including phenoxy) is 1. The van der Waals surface area contributed by atoms with Gasteiger partial charge in [0.1, 0.15) is 12.9 Å². The number of anilines is 1. The first-order chi connectivity index (χ1) is 5.24. The first kappa shape index (κ1) is 7.52. The van der Waals surface area contributed by atoms with Crippen LogP contribution in [-0.2, 0) is 16.1 Å². The lowest BCUT2D eigenvalue weighted by molar-refractivity contribution is -0.141. The molecule has 0 spiro atoms. The van der Waals surface area contributed by atoms with Crippen LogP contribution in [0.15, 0.2) is 6.33 Å². The number of methoxy groups -OCH3 is 1. The average Bonchev–Trinajstić information content (AvgIpc) is 2.37. The molecule has 60 valence electrons. The van der Waals surface area contributed by atoms with Crippen molar-refractivity contribution in [2.75, 3.05) is 12.8 Å². The van der Waals surface area contributed by atoms with E-state index in [4.69, 9.17) is 5.73 Å². The molecule has 0 radical (unpaired) electrons. The number of carbonyl (C=O) groups is 1. The van der Waals surface area contributed by atoms with Crippen molar-refractivity contribution in [3.63, 3.8) is 0 Å². The zero-order chi connectivity index (χ0) is 8.27. The number of nitrogens with two attached hydrogens (primary N) is 1. The lowest BCUT2D eigenvalue weighted by Crippen LogP contribution is -2.12. The van der Waals surface area contributed by atoms with Crippen molar-refractivity contribution in [2.24, 2.45) is 0 Å². The Morgan fingerprint density at radius 1 is 1.91 bits per heavy atom. The van der Waals surface area contributed by atoms with Gasteiger partial charge in [-0.3, -0.25) is 9.36 Å². The number of hydrogen-bond donors (Lipinski definition) is 1. The molecular formula is C5H8N4O2. The number of nitrogens with zero attached hydrogens (tertiary/aromatic N) is 3. The summed E-state index contributed by atoms with van der Waals surface area (Å²) in [6, 6.07) is 0. The maximum absolute atomic E-state index is 10.7. The second-order valence-corrected chi connectivity index (χ2v) is 1.89. The lowest BCUT2D eigenvalue weighted by Gasteiger charge is -1.99. The van der Waals surface area contributed by atoms with Crippen molar-refractivity contribution >= 4 is 11.9 Å². The van der Waals surface area contributed by atoms with Crippen molar-refractivity contribution in [3.05, 3.63) is 6.33 Å². The summed E-state index contributed by atoms with van der Waals surface area (Å²) in [7, 11) is 1.31. The molecule has 1 heterocycles. The molecule has 0 amide bonds. The van der Waals surface area contributed by atoms with Crippen LogP contribution in [0, 0.1) is 0 Å². The highest BCUT2D eigenvalue weighted by Crippen LogP contribution is 1.94. The summed E-state index contributed by atoms with van der Waals surface area (Å²) < 4.78 is 5.80. The number of rotatable bonds is 2. The van der Waals surface area contributed by atoms with Gasteiger partial charge in [0.15, 0.2) is 0 Å². The predicted molar refractivity (Wildman–Crippen MR) is 36.5 cm³/mol. The molecule has 1 aromatic rings. The molecule has 0 saturated carbocycles. The van der Waals surface area contributed by atoms with Gasteiger partial charge in [0, 0.05) is 0 Å². The Morgan fingerprint density at radius 2 is 2.64 bits per heavy atom. The fourth-order valence-corrected chi connectivity index (χ4v) is 0.589. The van der Waals surface area contributed by atoms with Crippen molar-refractivity contribution in [3.8, 4) is 0 Å². The van der Waals surface area contributed by atoms with Crippen molar-refractivity contribution < 1.29 is 9.53 Å². The highest BCUT2D eigenvalue weighted by atomic mass is 16.5. The number of esters is 1. The summed E-state index contributed by atoms with van der Waals surface area (Å²) in [6.45, 7) is 0.0509. The summed E-state index contributed by atoms with van der Waals surface area (Å²) in [4.78, 5) is 10.7. The van der Waals surface area contributed by atoms with Crippen LogP contribution in [0.25, 0.3) is 0 Å². The number of aromatic nitrogens is 3. The maximum Gasteiger partial charge on any atom is 0.325 e. The standard InChI is InChI=1S/C5H8N4O2/c1-11-4(10)2-9-3-7-8-5(9)6/h3H,2H2,1H3,(H2,6,8). The second-order valence-electron chi connectivity index (χ2n) is 1.89. The van der Waals surface area contributed by atoms with E-state index >= 15 is 0 Å². The molecule has 0 fully saturated rings. The zero-order valence-electron chi connectivity index (χ0n) is 6.02. The van der Waals surface area contributed by atoms with Gasteiger partial charge < -0.3 is 10.5 Å². The average molecular weight is 156 g/mol. The monoisotopic (exact) mass is 156 g/mol. The molecule has 0 bridgehead atoms. The van der Waals surface area contributed by atoms with Crippen molar-refractivity contribution in [1.82, 2.24) is 14.8 Å². The molecule has 2 N–H and O–H groups in total. The Bertz CT molecular complexity index is 257. The smallest absolute Gasteiger partial charge is 0.325 e. The van der Waals surface area contributed by atoms with Gasteiger partial charge in [-0.05, 0) is 0 Å². The van der Waals surface area contributed by atoms with E-state index in [0.29, 0.717) is 0 Å². The van der Waals surface area contributed by atoms with Gasteiger partial charge in [-0.2, -0.15) is 0 Å². The first-order valence-electron chi connectivity index (χ1n) is 2.94. The van der Waals surface area contributed by atoms with Gasteiger partial charge in [0.2, 0.25) is 5.95 Å². The van der Waals surface area contributed by atoms with E-state index in [1.54, 1.807) is 0 Å². The van der Waals surface area contributed by atoms with Crippen LogP contribution in [0.5, 0.6) is 0 Å². The van der Waals surface area contributed by atoms with Crippen LogP contribution < -0.4 is 5.73 Å². The molecule has 6 nitrogen and oxygen atoms in total. The Balaban J connectivity index is 2.64. The quantitative estimate of drug-likeness (QED) is 0.557. The van der Waals surface area contributed by atoms with E-state index in [1.165, 1.54) is 18.0 Å². The SMILES string of the molecule is COC(=O)Cn1cnnc1N. The Kier molecular flexibility index (Phi) is 2.05. The van der Waals surface area contributed by atoms with E-state index in [9.17, 15) is 4.79 Å². The molecule has 0 aliphatic rings. The fraction of sp³-hybridized carbons (Fsp3) is 0.400. The lowest BCUT2D eigenvalue weighted by atomic mass is 10.6. The van der Waals surface area contributed by atoms with E-state index < -0.39 is 0 Å². The van der Waals surface area contributed by atoms with Crippen molar-refractivity contribution in [2.45, 2.75) is 6.54 Å². The summed E-state index contributed by atoms with van der Waals surface area (Å²) in [5, 5.41) is 6.98. The Hall–Kier alpha value is -1.59. The van der Waals surface area contributed by atoms with Crippen LogP contribution in [-0.4, -0.2) is 27.8 Å². The first-order valence-corrected chi connectivity index (χ1v) is 2.94. The van der Waals surface area contributed by atoms with Gasteiger partial charge >= 0.3 is 5.97 Å². The summed E-state index contributed by atoms with van der Waals surface area (Å²) in [5.74, 6) is -0.174. The molecule has 1 aromatic heterocycles. The normalized spacial score (nSPS) is 9.55. The minimum Gasteiger partial charge on any atom is -0.468 e. The number of hydrogen-bond acceptors (Lipinski definition) is 5. The molecule has 0 aromatic carbocycles. The van der Waals surface area contributed by atoms with Crippen molar-refractivity contribution in [1.29, 1.82) is 0 Å². The number of nitrogen functional groups attached to an aromatic ring is 1. The minimum atomic E-state index is -0.378. The largest absolute Gasteiger partial charge is 0.468 e. The zero-order valence-corrected chi connectivity index (χ0v) is 6.02. The molecule has 0 aliphatic heterocycles. The Labute approximate surface area is 63.0 Å². The molecular weight excluding hydrogens is 148 g/mol. The third-order valence-corrected chi connectivity index (χ3v) is 1.17. The summed E-state index contributed by atoms with van der Waals surface area (Å²) in [6.07, 6.45) is 1.37. The minimum absolute atomic E-state index is 0.0509. The molecule has 1 rings (SSSR count). The van der Waals surface area contributed by atoms with E-state index in [-0.39, 0.29) is 18.5 Å². The van der Waals surface area contributed by atoms with Crippen LogP contribution in [0.1, 0.15) is 0 Å². The molecule has 0 aliphatic carbocycles. The van der Waals surface area contributed by atoms with E-state index in [0.717, 1.165) is 0 Å². The van der Waals surface area contributed by atoms with Gasteiger partial charge in [0.05, 0.1) is 7.11 Å². The van der Waals surface area contributed by atoms with Gasteiger partial charge in [-0.25, -0.2) is 0 Å². The molecule has 11 heavy (non-hydrogen) atoms. The second kappa shape index (κ2) is 3.00. The fourth-order valence-electron chi connectivity index (χ4n) is 0.589. The highest BCUT2D eigenvalue weighted by molar-refractivity contribution is 5.69. The van der Waals surface area contributed by atoms with Gasteiger partial charge in [-0.1, -0.05) is 0 Å². The molecule has 0 atom stereocenters. The maximum atomic E-state index is 10.7. The summed E-state index contributed by atoms with van der Waals surface area (Å²) in [5.41, 5.74) is 5.33. The highest BCUT2D eigenvalue weighted by Gasteiger charge is 2.04. The van der Waals surface area contributed by atoms with Crippen LogP contribution in [0.3, 0.4) is 0 Å². The van der Waals surface area contributed by atoms with E-state index in [1.807, 2.05) is 0 Å².